The van der Waals surface area contributed by atoms with Crippen LogP contribution >= 0.6 is 0 Å². The predicted molar refractivity (Wildman–Crippen MR) is 73.1 cm³/mol. The van der Waals surface area contributed by atoms with Gasteiger partial charge in [-0.3, -0.25) is 0 Å². The number of rotatable bonds is 7. The van der Waals surface area contributed by atoms with Crippen molar-refractivity contribution in [1.82, 2.24) is 9.55 Å². The molecule has 1 aromatic rings. The maximum absolute atomic E-state index is 11.7. The van der Waals surface area contributed by atoms with Crippen molar-refractivity contribution in [1.29, 1.82) is 0 Å². The third-order valence-electron chi connectivity index (χ3n) is 3.03. The topological polar surface area (TPSA) is 78.0 Å². The minimum atomic E-state index is -2.99. The first kappa shape index (κ1) is 15.2. The highest BCUT2D eigenvalue weighted by Crippen LogP contribution is 2.05. The highest BCUT2D eigenvalue weighted by atomic mass is 32.2. The number of hydrogen-bond acceptors (Lipinski definition) is 4. The van der Waals surface area contributed by atoms with Crippen LogP contribution in [0.1, 0.15) is 32.9 Å². The largest absolute Gasteiger partial charge is 0.336 e. The average molecular weight is 273 g/mol. The van der Waals surface area contributed by atoms with Gasteiger partial charge < -0.3 is 10.3 Å². The molecule has 1 atom stereocenters. The molecule has 18 heavy (non-hydrogen) atoms. The van der Waals surface area contributed by atoms with Gasteiger partial charge in [0.1, 0.15) is 0 Å². The summed E-state index contributed by atoms with van der Waals surface area (Å²) in [5.74, 6) is 0.153. The number of nitrogens with two attached hydrogens (primary N) is 1. The quantitative estimate of drug-likeness (QED) is 0.803. The maximum Gasteiger partial charge on any atom is 0.154 e. The van der Waals surface area contributed by atoms with E-state index in [0.717, 1.165) is 18.5 Å². The van der Waals surface area contributed by atoms with Crippen molar-refractivity contribution in [3.05, 3.63) is 18.2 Å². The van der Waals surface area contributed by atoms with Gasteiger partial charge in [-0.15, -0.1) is 0 Å². The Hall–Kier alpha value is -0.880. The zero-order chi connectivity index (χ0) is 13.8. The molecule has 5 nitrogen and oxygen atoms in total. The van der Waals surface area contributed by atoms with Crippen LogP contribution in [-0.4, -0.2) is 35.0 Å². The molecule has 0 aliphatic carbocycles. The molecule has 0 saturated heterocycles. The fraction of sp³-hybridized carbons (Fsp3) is 0.750. The average Bonchev–Trinajstić information content (AvgIpc) is 2.74. The molecule has 0 aromatic carbocycles. The summed E-state index contributed by atoms with van der Waals surface area (Å²) in [5, 5.41) is -0.325. The molecule has 0 amide bonds. The van der Waals surface area contributed by atoms with E-state index < -0.39 is 9.84 Å². The van der Waals surface area contributed by atoms with Gasteiger partial charge in [0.25, 0.3) is 0 Å². The fourth-order valence-electron chi connectivity index (χ4n) is 1.52. The molecule has 0 aliphatic rings. The molecule has 0 radical (unpaired) electrons. The zero-order valence-corrected chi connectivity index (χ0v) is 12.2. The van der Waals surface area contributed by atoms with Gasteiger partial charge in [-0.25, -0.2) is 13.4 Å². The first-order valence-electron chi connectivity index (χ1n) is 6.33. The van der Waals surface area contributed by atoms with E-state index in [1.165, 1.54) is 0 Å². The summed E-state index contributed by atoms with van der Waals surface area (Å²) in [5.41, 5.74) is 6.77. The summed E-state index contributed by atoms with van der Waals surface area (Å²) in [7, 11) is -2.99. The highest BCUT2D eigenvalue weighted by Gasteiger charge is 2.15. The Morgan fingerprint density at radius 3 is 2.67 bits per heavy atom. The molecule has 1 rings (SSSR count). The molecule has 0 spiro atoms. The monoisotopic (exact) mass is 273 g/mol. The molecular formula is C12H23N3O2S. The summed E-state index contributed by atoms with van der Waals surface area (Å²) >= 11 is 0. The Morgan fingerprint density at radius 1 is 1.44 bits per heavy atom. The normalized spacial score (nSPS) is 14.1. The van der Waals surface area contributed by atoms with Crippen molar-refractivity contribution < 1.29 is 8.42 Å². The molecule has 0 fully saturated rings. The number of imidazole rings is 1. The van der Waals surface area contributed by atoms with Crippen LogP contribution in [0.5, 0.6) is 0 Å². The Morgan fingerprint density at radius 2 is 2.11 bits per heavy atom. The first-order valence-corrected chi connectivity index (χ1v) is 8.04. The number of aryl methyl sites for hydroxylation is 1. The lowest BCUT2D eigenvalue weighted by Crippen LogP contribution is -2.21. The van der Waals surface area contributed by atoms with E-state index in [4.69, 9.17) is 5.73 Å². The summed E-state index contributed by atoms with van der Waals surface area (Å²) in [6.45, 7) is 5.90. The minimum absolute atomic E-state index is 0.118. The van der Waals surface area contributed by atoms with Crippen LogP contribution in [-0.2, 0) is 22.8 Å². The molecule has 1 unspecified atom stereocenters. The molecule has 2 N–H and O–H groups in total. The fourth-order valence-corrected chi connectivity index (χ4v) is 2.45. The Kier molecular flexibility index (Phi) is 5.34. The van der Waals surface area contributed by atoms with E-state index in [2.05, 4.69) is 4.98 Å². The Bertz CT molecular complexity index is 465. The van der Waals surface area contributed by atoms with Crippen LogP contribution in [0.3, 0.4) is 0 Å². The summed E-state index contributed by atoms with van der Waals surface area (Å²) in [6, 6.07) is 0.118. The van der Waals surface area contributed by atoms with Crippen molar-refractivity contribution >= 4 is 9.84 Å². The van der Waals surface area contributed by atoms with Crippen molar-refractivity contribution in [3.8, 4) is 0 Å². The van der Waals surface area contributed by atoms with E-state index in [1.54, 1.807) is 20.2 Å². The third-order valence-corrected chi connectivity index (χ3v) is 5.22. The van der Waals surface area contributed by atoms with E-state index >= 15 is 0 Å². The van der Waals surface area contributed by atoms with E-state index in [-0.39, 0.29) is 17.0 Å². The number of aromatic nitrogens is 2. The molecule has 0 saturated carbocycles. The van der Waals surface area contributed by atoms with Gasteiger partial charge in [-0.2, -0.15) is 0 Å². The van der Waals surface area contributed by atoms with Crippen molar-refractivity contribution in [2.75, 3.05) is 5.75 Å². The van der Waals surface area contributed by atoms with Gasteiger partial charge in [0, 0.05) is 25.2 Å². The second-order valence-electron chi connectivity index (χ2n) is 4.89. The molecular weight excluding hydrogens is 250 g/mol. The summed E-state index contributed by atoms with van der Waals surface area (Å²) in [4.78, 5) is 4.24. The summed E-state index contributed by atoms with van der Waals surface area (Å²) in [6.07, 6.45) is 5.20. The van der Waals surface area contributed by atoms with Gasteiger partial charge in [-0.05, 0) is 20.3 Å². The molecule has 6 heteroatoms. The molecule has 1 aromatic heterocycles. The van der Waals surface area contributed by atoms with Crippen LogP contribution in [0, 0.1) is 0 Å². The molecule has 1 heterocycles. The lowest BCUT2D eigenvalue weighted by Gasteiger charge is -2.07. The van der Waals surface area contributed by atoms with Gasteiger partial charge >= 0.3 is 0 Å². The predicted octanol–water partition coefficient (Wildman–Crippen LogP) is 0.986. The molecule has 0 aliphatic heterocycles. The molecule has 0 bridgehead atoms. The minimum Gasteiger partial charge on any atom is -0.336 e. The zero-order valence-electron chi connectivity index (χ0n) is 11.3. The Balaban J connectivity index is 2.55. The van der Waals surface area contributed by atoms with Gasteiger partial charge in [0.15, 0.2) is 9.84 Å². The SMILES string of the molecule is CCC(N)Cc1cn(CCS(=O)(=O)C(C)C)cn1. The highest BCUT2D eigenvalue weighted by molar-refractivity contribution is 7.91. The molecule has 104 valence electrons. The lowest BCUT2D eigenvalue weighted by molar-refractivity contribution is 0.580. The smallest absolute Gasteiger partial charge is 0.154 e. The van der Waals surface area contributed by atoms with Crippen molar-refractivity contribution in [3.63, 3.8) is 0 Å². The van der Waals surface area contributed by atoms with Crippen molar-refractivity contribution in [2.24, 2.45) is 5.73 Å². The number of hydrogen-bond donors (Lipinski definition) is 1. The second kappa shape index (κ2) is 6.33. The van der Waals surface area contributed by atoms with E-state index in [1.807, 2.05) is 17.7 Å². The van der Waals surface area contributed by atoms with Gasteiger partial charge in [0.2, 0.25) is 0 Å². The third kappa shape index (κ3) is 4.42. The second-order valence-corrected chi connectivity index (χ2v) is 7.57. The number of sulfone groups is 1. The first-order chi connectivity index (χ1) is 8.35. The van der Waals surface area contributed by atoms with Gasteiger partial charge in [-0.1, -0.05) is 6.92 Å². The summed E-state index contributed by atoms with van der Waals surface area (Å²) < 4.78 is 25.2. The van der Waals surface area contributed by atoms with Crippen LogP contribution in [0.15, 0.2) is 12.5 Å². The van der Waals surface area contributed by atoms with Gasteiger partial charge in [0.05, 0.1) is 23.0 Å². The van der Waals surface area contributed by atoms with Crippen LogP contribution in [0.25, 0.3) is 0 Å². The van der Waals surface area contributed by atoms with Crippen LogP contribution < -0.4 is 5.73 Å². The lowest BCUT2D eigenvalue weighted by atomic mass is 10.1. The maximum atomic E-state index is 11.7. The Labute approximate surface area is 109 Å². The van der Waals surface area contributed by atoms with Crippen LogP contribution in [0.4, 0.5) is 0 Å². The van der Waals surface area contributed by atoms with Crippen molar-refractivity contribution in [2.45, 2.75) is 51.4 Å². The van der Waals surface area contributed by atoms with Crippen LogP contribution in [0.2, 0.25) is 0 Å². The number of nitrogens with zero attached hydrogens (tertiary/aromatic N) is 2. The standard InChI is InChI=1S/C12H23N3O2S/c1-4-11(13)7-12-8-15(9-14-12)5-6-18(16,17)10(2)3/h8-11H,4-7,13H2,1-3H3. The van der Waals surface area contributed by atoms with E-state index in [9.17, 15) is 8.42 Å². The van der Waals surface area contributed by atoms with E-state index in [0.29, 0.717) is 6.54 Å².